The molecule has 4 aliphatic rings. The maximum atomic E-state index is 10.7. The van der Waals surface area contributed by atoms with E-state index >= 15 is 0 Å². The Morgan fingerprint density at radius 1 is 1.00 bits per heavy atom. The molecule has 0 aromatic heterocycles. The summed E-state index contributed by atoms with van der Waals surface area (Å²) in [5.74, 6) is 2.47. The lowest BCUT2D eigenvalue weighted by Crippen LogP contribution is -2.47. The predicted octanol–water partition coefficient (Wildman–Crippen LogP) is 4.31. The summed E-state index contributed by atoms with van der Waals surface area (Å²) in [4.78, 5) is 15.7. The number of hydrogen-bond acceptors (Lipinski definition) is 5. The number of nitrogens with one attached hydrogen (secondary N) is 1. The average molecular weight is 432 g/mol. The van der Waals surface area contributed by atoms with Gasteiger partial charge >= 0.3 is 6.09 Å². The van der Waals surface area contributed by atoms with Crippen LogP contribution in [0.2, 0.25) is 0 Å². The maximum absolute atomic E-state index is 10.7. The molecule has 3 fully saturated rings. The average Bonchev–Trinajstić information content (AvgIpc) is 3.21. The highest BCUT2D eigenvalue weighted by Crippen LogP contribution is 2.41. The lowest BCUT2D eigenvalue weighted by molar-refractivity contribution is 0.173. The maximum Gasteiger partial charge on any atom is 0.404 e. The van der Waals surface area contributed by atoms with Crippen molar-refractivity contribution < 1.29 is 19.4 Å². The fraction of sp³-hybridized carbons (Fsp3) is 0.708. The zero-order valence-corrected chi connectivity index (χ0v) is 18.6. The SMILES string of the molecule is C1CCC1.O=C(O)NC1CCC(CCN2CCN(c3cccc4c3OCO4)CC2)CC1. The molecule has 1 amide bonds. The monoisotopic (exact) mass is 431 g/mol. The van der Waals surface area contributed by atoms with Crippen molar-refractivity contribution in [2.75, 3.05) is 44.4 Å². The Bertz CT molecular complexity index is 705. The minimum Gasteiger partial charge on any atom is -0.465 e. The third kappa shape index (κ3) is 6.19. The number of fused-ring (bicyclic) bond motifs is 1. The first-order valence-corrected chi connectivity index (χ1v) is 12.0. The molecule has 2 N–H and O–H groups in total. The second-order valence-corrected chi connectivity index (χ2v) is 9.21. The Labute approximate surface area is 185 Å². The molecule has 7 nitrogen and oxygen atoms in total. The van der Waals surface area contributed by atoms with E-state index in [4.69, 9.17) is 14.6 Å². The van der Waals surface area contributed by atoms with Crippen LogP contribution in [0.3, 0.4) is 0 Å². The summed E-state index contributed by atoms with van der Waals surface area (Å²) in [5, 5.41) is 11.5. The minimum absolute atomic E-state index is 0.154. The van der Waals surface area contributed by atoms with Crippen LogP contribution < -0.4 is 19.7 Å². The number of benzene rings is 1. The Hall–Kier alpha value is -2.15. The highest BCUT2D eigenvalue weighted by atomic mass is 16.7. The van der Waals surface area contributed by atoms with Gasteiger partial charge in [-0.15, -0.1) is 0 Å². The molecular weight excluding hydrogens is 394 g/mol. The van der Waals surface area contributed by atoms with Gasteiger partial charge in [-0.05, 0) is 56.7 Å². The standard InChI is InChI=1S/C20H29N3O4.C4H8/c24-20(25)21-16-6-4-15(5-7-16)8-9-22-10-12-23(13-11-22)17-2-1-3-18-19(17)27-14-26-18;1-2-4-3-1/h1-3,15-16,21H,4-14H2,(H,24,25);1-4H2. The first-order valence-electron chi connectivity index (χ1n) is 12.0. The number of carbonyl (C=O) groups is 1. The van der Waals surface area contributed by atoms with Crippen LogP contribution in [-0.4, -0.2) is 61.7 Å². The molecule has 2 aliphatic carbocycles. The Balaban J connectivity index is 0.000000520. The van der Waals surface area contributed by atoms with Crippen LogP contribution in [0.15, 0.2) is 18.2 Å². The van der Waals surface area contributed by atoms with E-state index in [1.165, 1.54) is 32.1 Å². The zero-order chi connectivity index (χ0) is 21.5. The van der Waals surface area contributed by atoms with Crippen LogP contribution in [0.4, 0.5) is 10.5 Å². The molecule has 1 saturated heterocycles. The fourth-order valence-corrected chi connectivity index (χ4v) is 4.76. The van der Waals surface area contributed by atoms with Gasteiger partial charge in [0.05, 0.1) is 5.69 Å². The van der Waals surface area contributed by atoms with E-state index < -0.39 is 6.09 Å². The van der Waals surface area contributed by atoms with Crippen LogP contribution in [0.5, 0.6) is 11.5 Å². The molecule has 0 unspecified atom stereocenters. The molecule has 1 aromatic rings. The van der Waals surface area contributed by atoms with Gasteiger partial charge in [0.25, 0.3) is 0 Å². The van der Waals surface area contributed by atoms with Gasteiger partial charge in [-0.1, -0.05) is 31.7 Å². The number of hydrogen-bond donors (Lipinski definition) is 2. The Morgan fingerprint density at radius 2 is 1.71 bits per heavy atom. The van der Waals surface area contributed by atoms with E-state index in [0.717, 1.165) is 81.5 Å². The highest BCUT2D eigenvalue weighted by molar-refractivity contribution is 5.66. The molecule has 31 heavy (non-hydrogen) atoms. The van der Waals surface area contributed by atoms with E-state index in [1.54, 1.807) is 0 Å². The zero-order valence-electron chi connectivity index (χ0n) is 18.6. The summed E-state index contributed by atoms with van der Waals surface area (Å²) in [7, 11) is 0. The molecule has 2 saturated carbocycles. The number of ether oxygens (including phenoxy) is 2. The normalized spacial score (nSPS) is 25.2. The first kappa shape index (κ1) is 22.1. The van der Waals surface area contributed by atoms with Crippen LogP contribution in [0.1, 0.15) is 57.8 Å². The van der Waals surface area contributed by atoms with Gasteiger partial charge in [-0.3, -0.25) is 4.90 Å². The van der Waals surface area contributed by atoms with E-state index in [-0.39, 0.29) is 6.04 Å². The number of anilines is 1. The summed E-state index contributed by atoms with van der Waals surface area (Å²) in [6.07, 6.45) is 10.6. The summed E-state index contributed by atoms with van der Waals surface area (Å²) in [5.41, 5.74) is 1.15. The van der Waals surface area contributed by atoms with Gasteiger partial charge in [0, 0.05) is 32.2 Å². The Kier molecular flexibility index (Phi) is 7.78. The van der Waals surface area contributed by atoms with Crippen molar-refractivity contribution in [1.82, 2.24) is 10.2 Å². The lowest BCUT2D eigenvalue weighted by Gasteiger charge is -2.37. The molecule has 0 radical (unpaired) electrons. The van der Waals surface area contributed by atoms with Crippen molar-refractivity contribution >= 4 is 11.8 Å². The molecule has 2 heterocycles. The topological polar surface area (TPSA) is 74.3 Å². The lowest BCUT2D eigenvalue weighted by atomic mass is 9.84. The van der Waals surface area contributed by atoms with E-state index in [2.05, 4.69) is 21.2 Å². The molecule has 2 aliphatic heterocycles. The molecule has 7 heteroatoms. The number of para-hydroxylation sites is 1. The molecule has 5 rings (SSSR count). The summed E-state index contributed by atoms with van der Waals surface area (Å²) < 4.78 is 11.1. The summed E-state index contributed by atoms with van der Waals surface area (Å²) in [6, 6.07) is 6.27. The Morgan fingerprint density at radius 3 is 2.35 bits per heavy atom. The largest absolute Gasteiger partial charge is 0.465 e. The minimum atomic E-state index is -0.891. The smallest absolute Gasteiger partial charge is 0.404 e. The quantitative estimate of drug-likeness (QED) is 0.724. The molecular formula is C24H37N3O4. The van der Waals surface area contributed by atoms with Gasteiger partial charge in [0.15, 0.2) is 11.5 Å². The predicted molar refractivity (Wildman–Crippen MR) is 121 cm³/mol. The fourth-order valence-electron chi connectivity index (χ4n) is 4.76. The van der Waals surface area contributed by atoms with Gasteiger partial charge < -0.3 is 24.8 Å². The summed E-state index contributed by atoms with van der Waals surface area (Å²) in [6.45, 7) is 5.61. The third-order valence-electron chi connectivity index (χ3n) is 7.12. The number of amides is 1. The second-order valence-electron chi connectivity index (χ2n) is 9.21. The summed E-state index contributed by atoms with van der Waals surface area (Å²) >= 11 is 0. The van der Waals surface area contributed by atoms with Crippen molar-refractivity contribution in [3.63, 3.8) is 0 Å². The van der Waals surface area contributed by atoms with E-state index in [9.17, 15) is 4.79 Å². The van der Waals surface area contributed by atoms with Crippen molar-refractivity contribution in [3.05, 3.63) is 18.2 Å². The van der Waals surface area contributed by atoms with Crippen LogP contribution in [-0.2, 0) is 0 Å². The van der Waals surface area contributed by atoms with Crippen molar-refractivity contribution in [3.8, 4) is 11.5 Å². The third-order valence-corrected chi connectivity index (χ3v) is 7.12. The van der Waals surface area contributed by atoms with Crippen LogP contribution in [0.25, 0.3) is 0 Å². The highest BCUT2D eigenvalue weighted by Gasteiger charge is 2.26. The van der Waals surface area contributed by atoms with Crippen LogP contribution >= 0.6 is 0 Å². The first-order chi connectivity index (χ1) is 15.2. The molecule has 0 bridgehead atoms. The van der Waals surface area contributed by atoms with Gasteiger partial charge in [0.1, 0.15) is 0 Å². The number of piperazine rings is 1. The number of rotatable bonds is 5. The van der Waals surface area contributed by atoms with Gasteiger partial charge in [-0.2, -0.15) is 0 Å². The van der Waals surface area contributed by atoms with Gasteiger partial charge in [-0.25, -0.2) is 4.79 Å². The molecule has 0 atom stereocenters. The van der Waals surface area contributed by atoms with Crippen molar-refractivity contribution in [2.24, 2.45) is 5.92 Å². The molecule has 0 spiro atoms. The van der Waals surface area contributed by atoms with Crippen molar-refractivity contribution in [1.29, 1.82) is 0 Å². The number of carboxylic acid groups (broad SMARTS) is 1. The van der Waals surface area contributed by atoms with E-state index in [0.29, 0.717) is 6.79 Å². The van der Waals surface area contributed by atoms with Crippen molar-refractivity contribution in [2.45, 2.75) is 63.8 Å². The number of nitrogens with zero attached hydrogens (tertiary/aromatic N) is 2. The molecule has 1 aromatic carbocycles. The van der Waals surface area contributed by atoms with Gasteiger partial charge in [0.2, 0.25) is 6.79 Å². The van der Waals surface area contributed by atoms with E-state index in [1.807, 2.05) is 12.1 Å². The van der Waals surface area contributed by atoms with Crippen LogP contribution in [0, 0.1) is 5.92 Å². The second kappa shape index (κ2) is 10.9. The molecule has 172 valence electrons.